The minimum Gasteiger partial charge on any atom is -0.467 e. The summed E-state index contributed by atoms with van der Waals surface area (Å²) >= 11 is 1.32. The molecule has 32 heavy (non-hydrogen) atoms. The lowest BCUT2D eigenvalue weighted by atomic mass is 10.1. The smallest absolute Gasteiger partial charge is 0.243 e. The van der Waals surface area contributed by atoms with Crippen LogP contribution >= 0.6 is 11.8 Å². The first kappa shape index (κ1) is 21.9. The zero-order valence-electron chi connectivity index (χ0n) is 18.3. The molecule has 4 rings (SSSR count). The molecule has 2 amide bonds. The molecule has 1 aromatic heterocycles. The fraction of sp³-hybridized carbons (Fsp3) is 0.240. The van der Waals surface area contributed by atoms with Crippen molar-refractivity contribution in [3.05, 3.63) is 83.3 Å². The Morgan fingerprint density at radius 2 is 1.78 bits per heavy atom. The molecule has 3 aromatic rings. The van der Waals surface area contributed by atoms with Crippen LogP contribution < -0.4 is 5.32 Å². The fourth-order valence-electron chi connectivity index (χ4n) is 3.53. The first-order chi connectivity index (χ1) is 15.4. The summed E-state index contributed by atoms with van der Waals surface area (Å²) in [6.07, 6.45) is 1.65. The second kappa shape index (κ2) is 9.44. The van der Waals surface area contributed by atoms with Crippen molar-refractivity contribution in [2.24, 2.45) is 4.99 Å². The zero-order chi connectivity index (χ0) is 22.7. The molecule has 1 fully saturated rings. The molecule has 0 saturated carbocycles. The zero-order valence-corrected chi connectivity index (χ0v) is 19.1. The van der Waals surface area contributed by atoms with Gasteiger partial charge in [0.25, 0.3) is 0 Å². The van der Waals surface area contributed by atoms with Gasteiger partial charge in [0.2, 0.25) is 11.8 Å². The molecule has 164 valence electrons. The van der Waals surface area contributed by atoms with Gasteiger partial charge in [-0.05, 0) is 56.2 Å². The van der Waals surface area contributed by atoms with Crippen LogP contribution in [-0.2, 0) is 16.1 Å². The van der Waals surface area contributed by atoms with Gasteiger partial charge in [0, 0.05) is 12.1 Å². The van der Waals surface area contributed by atoms with E-state index in [4.69, 9.17) is 9.41 Å². The number of anilines is 1. The number of thioether (sulfide) groups is 1. The fourth-order valence-corrected chi connectivity index (χ4v) is 4.69. The van der Waals surface area contributed by atoms with Gasteiger partial charge in [-0.15, -0.1) is 0 Å². The van der Waals surface area contributed by atoms with Gasteiger partial charge in [-0.1, -0.05) is 47.7 Å². The summed E-state index contributed by atoms with van der Waals surface area (Å²) in [6.45, 7) is 6.20. The topological polar surface area (TPSA) is 74.9 Å². The number of para-hydroxylation sites is 1. The van der Waals surface area contributed by atoms with Gasteiger partial charge in [0.1, 0.15) is 11.0 Å². The van der Waals surface area contributed by atoms with Gasteiger partial charge in [-0.3, -0.25) is 14.5 Å². The highest BCUT2D eigenvalue weighted by Gasteiger charge is 2.39. The number of carbonyl (C=O) groups is 2. The number of amidine groups is 1. The number of aliphatic imine (C=N–C) groups is 1. The second-order valence-electron chi connectivity index (χ2n) is 7.86. The summed E-state index contributed by atoms with van der Waals surface area (Å²) < 4.78 is 5.44. The number of nitrogens with zero attached hydrogens (tertiary/aromatic N) is 2. The summed E-state index contributed by atoms with van der Waals surface area (Å²) in [4.78, 5) is 32.3. The maximum absolute atomic E-state index is 13.2. The Kier molecular flexibility index (Phi) is 6.46. The summed E-state index contributed by atoms with van der Waals surface area (Å²) in [5, 5.41) is 3.00. The van der Waals surface area contributed by atoms with Crippen molar-refractivity contribution in [3.63, 3.8) is 0 Å². The van der Waals surface area contributed by atoms with Crippen LogP contribution in [0.25, 0.3) is 0 Å². The van der Waals surface area contributed by atoms with E-state index in [1.807, 2.05) is 69.3 Å². The van der Waals surface area contributed by atoms with Gasteiger partial charge in [0.15, 0.2) is 5.17 Å². The third-order valence-corrected chi connectivity index (χ3v) is 6.46. The Labute approximate surface area is 191 Å². The third-order valence-electron chi connectivity index (χ3n) is 5.29. The van der Waals surface area contributed by atoms with Crippen LogP contribution in [0.4, 0.5) is 11.4 Å². The summed E-state index contributed by atoms with van der Waals surface area (Å²) in [7, 11) is 0. The lowest BCUT2D eigenvalue weighted by molar-refractivity contribution is -0.128. The molecule has 0 spiro atoms. The molecule has 0 bridgehead atoms. The van der Waals surface area contributed by atoms with Gasteiger partial charge >= 0.3 is 0 Å². The minimum absolute atomic E-state index is 0.0683. The predicted molar refractivity (Wildman–Crippen MR) is 128 cm³/mol. The lowest BCUT2D eigenvalue weighted by Gasteiger charge is -2.15. The first-order valence-corrected chi connectivity index (χ1v) is 11.3. The van der Waals surface area contributed by atoms with Crippen LogP contribution in [0.2, 0.25) is 0 Å². The van der Waals surface area contributed by atoms with Crippen LogP contribution in [-0.4, -0.2) is 27.1 Å². The van der Waals surface area contributed by atoms with Crippen LogP contribution in [0.1, 0.15) is 28.9 Å². The average Bonchev–Trinajstić information content (AvgIpc) is 3.37. The van der Waals surface area contributed by atoms with Crippen molar-refractivity contribution in [2.75, 3.05) is 5.32 Å². The molecule has 2 aromatic carbocycles. The molecular formula is C25H25N3O3S. The largest absolute Gasteiger partial charge is 0.467 e. The third kappa shape index (κ3) is 4.94. The van der Waals surface area contributed by atoms with Gasteiger partial charge in [-0.25, -0.2) is 4.99 Å². The van der Waals surface area contributed by atoms with Gasteiger partial charge in [0.05, 0.1) is 18.5 Å². The highest BCUT2D eigenvalue weighted by Crippen LogP contribution is 2.33. The van der Waals surface area contributed by atoms with Crippen molar-refractivity contribution in [2.45, 2.75) is 39.0 Å². The molecule has 1 aliphatic heterocycles. The maximum Gasteiger partial charge on any atom is 0.243 e. The number of hydrogen-bond acceptors (Lipinski definition) is 5. The van der Waals surface area contributed by atoms with E-state index in [2.05, 4.69) is 5.32 Å². The molecule has 6 nitrogen and oxygen atoms in total. The maximum atomic E-state index is 13.2. The van der Waals surface area contributed by atoms with Gasteiger partial charge < -0.3 is 9.73 Å². The molecule has 0 aliphatic carbocycles. The van der Waals surface area contributed by atoms with E-state index in [1.54, 1.807) is 17.2 Å². The van der Waals surface area contributed by atoms with Crippen molar-refractivity contribution in [1.82, 2.24) is 4.90 Å². The van der Waals surface area contributed by atoms with E-state index in [0.717, 1.165) is 28.1 Å². The van der Waals surface area contributed by atoms with Gasteiger partial charge in [-0.2, -0.15) is 0 Å². The van der Waals surface area contributed by atoms with Crippen LogP contribution in [0.5, 0.6) is 0 Å². The van der Waals surface area contributed by atoms with E-state index in [-0.39, 0.29) is 24.8 Å². The SMILES string of the molecule is Cc1ccc(N=C2SC(CC(=O)Nc3c(C)cccc3C)C(=O)N2Cc2ccco2)cc1. The molecule has 1 atom stereocenters. The van der Waals surface area contributed by atoms with Crippen molar-refractivity contribution in [3.8, 4) is 0 Å². The molecule has 1 unspecified atom stereocenters. The molecule has 2 heterocycles. The normalized spacial score (nSPS) is 17.2. The lowest BCUT2D eigenvalue weighted by Crippen LogP contribution is -2.33. The number of hydrogen-bond donors (Lipinski definition) is 1. The molecule has 1 N–H and O–H groups in total. The van der Waals surface area contributed by atoms with E-state index in [1.165, 1.54) is 11.8 Å². The van der Waals surface area contributed by atoms with Crippen molar-refractivity contribution < 1.29 is 14.0 Å². The van der Waals surface area contributed by atoms with E-state index < -0.39 is 5.25 Å². The van der Waals surface area contributed by atoms with Crippen LogP contribution in [0, 0.1) is 20.8 Å². The molecule has 1 aliphatic rings. The predicted octanol–water partition coefficient (Wildman–Crippen LogP) is 5.37. The van der Waals surface area contributed by atoms with E-state index in [9.17, 15) is 9.59 Å². The Bertz CT molecular complexity index is 1130. The van der Waals surface area contributed by atoms with E-state index >= 15 is 0 Å². The molecule has 1 saturated heterocycles. The number of benzene rings is 2. The summed E-state index contributed by atoms with van der Waals surface area (Å²) in [5.74, 6) is 0.327. The average molecular weight is 448 g/mol. The van der Waals surface area contributed by atoms with Crippen molar-refractivity contribution in [1.29, 1.82) is 0 Å². The number of carbonyl (C=O) groups excluding carboxylic acids is 2. The number of amides is 2. The quantitative estimate of drug-likeness (QED) is 0.552. The molecular weight excluding hydrogens is 422 g/mol. The van der Waals surface area contributed by atoms with Crippen LogP contribution in [0.15, 0.2) is 70.3 Å². The first-order valence-electron chi connectivity index (χ1n) is 10.4. The highest BCUT2D eigenvalue weighted by atomic mass is 32.2. The summed E-state index contributed by atoms with van der Waals surface area (Å²) in [5.41, 5.74) is 4.68. The monoisotopic (exact) mass is 447 g/mol. The standard InChI is InChI=1S/C25H25N3O3S/c1-16-9-11-19(12-10-16)26-25-28(15-20-8-5-13-31-20)24(30)21(32-25)14-22(29)27-23-17(2)6-4-7-18(23)3/h4-13,21H,14-15H2,1-3H3,(H,27,29). The van der Waals surface area contributed by atoms with E-state index in [0.29, 0.717) is 10.9 Å². The number of furan rings is 1. The van der Waals surface area contributed by atoms with Crippen molar-refractivity contribution >= 4 is 40.1 Å². The minimum atomic E-state index is -0.543. The Hall–Kier alpha value is -3.32. The summed E-state index contributed by atoms with van der Waals surface area (Å²) in [6, 6.07) is 17.3. The Morgan fingerprint density at radius 3 is 2.44 bits per heavy atom. The highest BCUT2D eigenvalue weighted by molar-refractivity contribution is 8.15. The number of rotatable bonds is 6. The Morgan fingerprint density at radius 1 is 1.06 bits per heavy atom. The Balaban J connectivity index is 1.54. The number of aryl methyl sites for hydroxylation is 3. The number of nitrogens with one attached hydrogen (secondary N) is 1. The molecule has 7 heteroatoms. The van der Waals surface area contributed by atoms with Crippen LogP contribution in [0.3, 0.4) is 0 Å². The molecule has 0 radical (unpaired) electrons. The second-order valence-corrected chi connectivity index (χ2v) is 9.03.